The molecule has 2 fully saturated rings. The van der Waals surface area contributed by atoms with Crippen molar-refractivity contribution in [1.29, 1.82) is 0 Å². The molecule has 0 bridgehead atoms. The monoisotopic (exact) mass is 343 g/mol. The van der Waals surface area contributed by atoms with Crippen molar-refractivity contribution in [1.82, 2.24) is 4.31 Å². The van der Waals surface area contributed by atoms with Crippen LogP contribution in [0.3, 0.4) is 0 Å². The van der Waals surface area contributed by atoms with Gasteiger partial charge in [0.1, 0.15) is 0 Å². The van der Waals surface area contributed by atoms with E-state index in [1.54, 1.807) is 19.1 Å². The quantitative estimate of drug-likeness (QED) is 0.833. The van der Waals surface area contributed by atoms with Crippen LogP contribution in [-0.4, -0.2) is 44.7 Å². The molecule has 0 N–H and O–H groups in total. The number of rotatable bonds is 4. The van der Waals surface area contributed by atoms with Gasteiger partial charge in [-0.1, -0.05) is 17.7 Å². The van der Waals surface area contributed by atoms with Gasteiger partial charge in [0.05, 0.1) is 16.4 Å². The minimum Gasteiger partial charge on any atom is -0.229 e. The number of nitrogens with zero attached hydrogens (tertiary/aromatic N) is 1. The summed E-state index contributed by atoms with van der Waals surface area (Å²) < 4.78 is 51.1. The number of hydrogen-bond donors (Lipinski definition) is 0. The first-order valence-corrected chi connectivity index (χ1v) is 10.8. The molecule has 1 aliphatic heterocycles. The summed E-state index contributed by atoms with van der Waals surface area (Å²) >= 11 is 0. The van der Waals surface area contributed by atoms with Crippen molar-refractivity contribution in [2.45, 2.75) is 50.1 Å². The van der Waals surface area contributed by atoms with Crippen LogP contribution in [0, 0.1) is 13.8 Å². The molecule has 0 spiro atoms. The van der Waals surface area contributed by atoms with E-state index in [-0.39, 0.29) is 17.5 Å². The Hall–Kier alpha value is -0.920. The summed E-state index contributed by atoms with van der Waals surface area (Å²) in [5.74, 6) is 0.0386. The SMILES string of the molecule is Cc1ccc(S(=O)(=O)N(C2CC2)C2CCS(=O)(=O)C2)c(C)c1. The molecule has 1 aromatic carbocycles. The van der Waals surface area contributed by atoms with E-state index in [2.05, 4.69) is 0 Å². The second-order valence-corrected chi connectivity index (χ2v) is 10.4. The largest absolute Gasteiger partial charge is 0.243 e. The molecule has 0 radical (unpaired) electrons. The second-order valence-electron chi connectivity index (χ2n) is 6.39. The maximum absolute atomic E-state index is 13.1. The molecular weight excluding hydrogens is 322 g/mol. The second kappa shape index (κ2) is 5.32. The summed E-state index contributed by atoms with van der Waals surface area (Å²) in [6.45, 7) is 3.71. The van der Waals surface area contributed by atoms with E-state index in [9.17, 15) is 16.8 Å². The Labute approximate surface area is 132 Å². The van der Waals surface area contributed by atoms with Gasteiger partial charge in [0.15, 0.2) is 9.84 Å². The number of aryl methyl sites for hydroxylation is 2. The van der Waals surface area contributed by atoms with E-state index in [1.807, 2.05) is 13.0 Å². The first kappa shape index (κ1) is 16.0. The van der Waals surface area contributed by atoms with E-state index >= 15 is 0 Å². The standard InChI is InChI=1S/C15H21NO4S2/c1-11-3-6-15(12(2)9-11)22(19,20)16(13-4-5-13)14-7-8-21(17,18)10-14/h3,6,9,13-14H,4-5,7-8,10H2,1-2H3. The summed E-state index contributed by atoms with van der Waals surface area (Å²) in [5.41, 5.74) is 1.73. The van der Waals surface area contributed by atoms with E-state index in [0.29, 0.717) is 16.9 Å². The first-order chi connectivity index (χ1) is 10.2. The predicted molar refractivity (Wildman–Crippen MR) is 85.0 cm³/mol. The Balaban J connectivity index is 2.01. The lowest BCUT2D eigenvalue weighted by molar-refractivity contribution is 0.332. The Morgan fingerprint density at radius 3 is 2.27 bits per heavy atom. The van der Waals surface area contributed by atoms with Crippen molar-refractivity contribution in [2.24, 2.45) is 0 Å². The Bertz CT molecular complexity index is 795. The fourth-order valence-electron chi connectivity index (χ4n) is 3.20. The Morgan fingerprint density at radius 2 is 1.77 bits per heavy atom. The van der Waals surface area contributed by atoms with Gasteiger partial charge >= 0.3 is 0 Å². The van der Waals surface area contributed by atoms with E-state index in [0.717, 1.165) is 18.4 Å². The molecule has 1 atom stereocenters. The van der Waals surface area contributed by atoms with Gasteiger partial charge in [-0.15, -0.1) is 0 Å². The first-order valence-electron chi connectivity index (χ1n) is 7.52. The zero-order valence-electron chi connectivity index (χ0n) is 12.8. The van der Waals surface area contributed by atoms with Crippen LogP contribution < -0.4 is 0 Å². The lowest BCUT2D eigenvalue weighted by Gasteiger charge is -2.28. The van der Waals surface area contributed by atoms with Gasteiger partial charge in [0.2, 0.25) is 10.0 Å². The third-order valence-corrected chi connectivity index (χ3v) is 8.28. The normalized spacial score (nSPS) is 24.8. The smallest absolute Gasteiger partial charge is 0.229 e. The van der Waals surface area contributed by atoms with Crippen LogP contribution in [0.2, 0.25) is 0 Å². The topological polar surface area (TPSA) is 71.5 Å². The van der Waals surface area contributed by atoms with Crippen molar-refractivity contribution in [3.8, 4) is 0 Å². The van der Waals surface area contributed by atoms with Crippen molar-refractivity contribution >= 4 is 19.9 Å². The Morgan fingerprint density at radius 1 is 1.09 bits per heavy atom. The van der Waals surface area contributed by atoms with Crippen LogP contribution in [0.5, 0.6) is 0 Å². The lowest BCUT2D eigenvalue weighted by atomic mass is 10.2. The third-order valence-electron chi connectivity index (χ3n) is 4.36. The molecule has 0 amide bonds. The van der Waals surface area contributed by atoms with Crippen LogP contribution in [0.15, 0.2) is 23.1 Å². The van der Waals surface area contributed by atoms with Gasteiger partial charge < -0.3 is 0 Å². The van der Waals surface area contributed by atoms with Gasteiger partial charge in [0.25, 0.3) is 0 Å². The average Bonchev–Trinajstić information content (AvgIpc) is 3.13. The van der Waals surface area contributed by atoms with E-state index in [1.165, 1.54) is 4.31 Å². The maximum Gasteiger partial charge on any atom is 0.243 e. The molecule has 1 saturated heterocycles. The minimum absolute atomic E-state index is 0.0380. The summed E-state index contributed by atoms with van der Waals surface area (Å²) in [4.78, 5) is 0.300. The van der Waals surface area contributed by atoms with Crippen LogP contribution in [-0.2, 0) is 19.9 Å². The van der Waals surface area contributed by atoms with E-state index < -0.39 is 25.9 Å². The molecule has 1 unspecified atom stereocenters. The van der Waals surface area contributed by atoms with Gasteiger partial charge in [-0.25, -0.2) is 16.8 Å². The van der Waals surface area contributed by atoms with Crippen molar-refractivity contribution in [3.05, 3.63) is 29.3 Å². The summed E-state index contributed by atoms with van der Waals surface area (Å²) in [5, 5.41) is 0. The van der Waals surface area contributed by atoms with Gasteiger partial charge in [0, 0.05) is 12.1 Å². The summed E-state index contributed by atoms with van der Waals surface area (Å²) in [7, 11) is -6.76. The number of hydrogen-bond acceptors (Lipinski definition) is 4. The maximum atomic E-state index is 13.1. The molecule has 1 aliphatic carbocycles. The zero-order valence-corrected chi connectivity index (χ0v) is 14.5. The van der Waals surface area contributed by atoms with Crippen LogP contribution >= 0.6 is 0 Å². The predicted octanol–water partition coefficient (Wildman–Crippen LogP) is 1.64. The molecule has 7 heteroatoms. The molecular formula is C15H21NO4S2. The fraction of sp³-hybridized carbons (Fsp3) is 0.600. The highest BCUT2D eigenvalue weighted by atomic mass is 32.2. The number of benzene rings is 1. The molecule has 1 aromatic rings. The van der Waals surface area contributed by atoms with Crippen molar-refractivity contribution in [2.75, 3.05) is 11.5 Å². The third kappa shape index (κ3) is 2.94. The van der Waals surface area contributed by atoms with Crippen LogP contribution in [0.1, 0.15) is 30.4 Å². The lowest BCUT2D eigenvalue weighted by Crippen LogP contribution is -2.42. The van der Waals surface area contributed by atoms with Gasteiger partial charge in [-0.05, 0) is 44.7 Å². The highest BCUT2D eigenvalue weighted by Gasteiger charge is 2.46. The molecule has 2 aliphatic rings. The Kier molecular flexibility index (Phi) is 3.86. The molecule has 1 heterocycles. The highest BCUT2D eigenvalue weighted by Crippen LogP contribution is 2.37. The average molecular weight is 343 g/mol. The summed E-state index contributed by atoms with van der Waals surface area (Å²) in [6.07, 6.45) is 2.05. The highest BCUT2D eigenvalue weighted by molar-refractivity contribution is 7.92. The van der Waals surface area contributed by atoms with Crippen molar-refractivity contribution < 1.29 is 16.8 Å². The van der Waals surface area contributed by atoms with E-state index in [4.69, 9.17) is 0 Å². The van der Waals surface area contributed by atoms with Crippen LogP contribution in [0.4, 0.5) is 0 Å². The van der Waals surface area contributed by atoms with Gasteiger partial charge in [-0.2, -0.15) is 4.31 Å². The fourth-order valence-corrected chi connectivity index (χ4v) is 7.11. The number of sulfone groups is 1. The number of sulfonamides is 1. The molecule has 1 saturated carbocycles. The van der Waals surface area contributed by atoms with Gasteiger partial charge in [-0.3, -0.25) is 0 Å². The molecule has 22 heavy (non-hydrogen) atoms. The summed E-state index contributed by atoms with van der Waals surface area (Å²) in [6, 6.07) is 4.82. The van der Waals surface area contributed by atoms with Crippen LogP contribution in [0.25, 0.3) is 0 Å². The molecule has 5 nitrogen and oxygen atoms in total. The molecule has 122 valence electrons. The zero-order chi connectivity index (χ0) is 16.1. The van der Waals surface area contributed by atoms with Crippen molar-refractivity contribution in [3.63, 3.8) is 0 Å². The minimum atomic E-state index is -3.65. The molecule has 0 aromatic heterocycles. The molecule has 3 rings (SSSR count).